The molecule has 120 valence electrons. The number of benzene rings is 3. The second-order valence-corrected chi connectivity index (χ2v) is 5.84. The number of carbonyl (C=O) groups is 1. The summed E-state index contributed by atoms with van der Waals surface area (Å²) in [6.45, 7) is 2.11. The minimum atomic E-state index is 0.00992. The van der Waals surface area contributed by atoms with Gasteiger partial charge in [-0.2, -0.15) is 0 Å². The summed E-state index contributed by atoms with van der Waals surface area (Å²) in [6, 6.07) is 26.4. The first kappa shape index (κ1) is 16.0. The Morgan fingerprint density at radius 3 is 2.21 bits per heavy atom. The fraction of sp³-hybridized carbons (Fsp3) is 0.136. The molecule has 0 aromatic heterocycles. The van der Waals surface area contributed by atoms with Crippen LogP contribution in [-0.4, -0.2) is 5.91 Å². The standard InChI is InChI=1S/C22H21NO/c1-2-17-7-6-10-21(15-17)23-22(24)16-18-11-13-20(14-12-18)19-8-4-3-5-9-19/h3-15H,2,16H2,1H3,(H,23,24). The van der Waals surface area contributed by atoms with E-state index in [0.29, 0.717) is 6.42 Å². The molecule has 0 heterocycles. The maximum atomic E-state index is 12.2. The second kappa shape index (κ2) is 7.60. The van der Waals surface area contributed by atoms with E-state index in [9.17, 15) is 4.79 Å². The summed E-state index contributed by atoms with van der Waals surface area (Å²) >= 11 is 0. The van der Waals surface area contributed by atoms with Gasteiger partial charge < -0.3 is 5.32 Å². The normalized spacial score (nSPS) is 10.4. The van der Waals surface area contributed by atoms with Crippen molar-refractivity contribution in [3.05, 3.63) is 90.0 Å². The van der Waals surface area contributed by atoms with Gasteiger partial charge in [0.15, 0.2) is 0 Å². The number of anilines is 1. The molecule has 0 saturated carbocycles. The Balaban J connectivity index is 1.64. The van der Waals surface area contributed by atoms with Crippen molar-refractivity contribution in [2.24, 2.45) is 0 Å². The molecule has 0 aliphatic rings. The molecule has 0 radical (unpaired) electrons. The topological polar surface area (TPSA) is 29.1 Å². The number of aryl methyl sites for hydroxylation is 1. The van der Waals surface area contributed by atoms with E-state index in [4.69, 9.17) is 0 Å². The summed E-state index contributed by atoms with van der Waals surface area (Å²) in [5, 5.41) is 2.97. The molecule has 1 N–H and O–H groups in total. The van der Waals surface area contributed by atoms with Crippen LogP contribution in [0.2, 0.25) is 0 Å². The summed E-state index contributed by atoms with van der Waals surface area (Å²) < 4.78 is 0. The van der Waals surface area contributed by atoms with Gasteiger partial charge in [-0.15, -0.1) is 0 Å². The molecular formula is C22H21NO. The Morgan fingerprint density at radius 2 is 1.50 bits per heavy atom. The minimum absolute atomic E-state index is 0.00992. The predicted octanol–water partition coefficient (Wildman–Crippen LogP) is 5.10. The largest absolute Gasteiger partial charge is 0.326 e. The van der Waals surface area contributed by atoms with E-state index in [2.05, 4.69) is 42.6 Å². The van der Waals surface area contributed by atoms with Crippen LogP contribution in [0.3, 0.4) is 0 Å². The van der Waals surface area contributed by atoms with Gasteiger partial charge in [0.2, 0.25) is 5.91 Å². The highest BCUT2D eigenvalue weighted by Crippen LogP contribution is 2.19. The minimum Gasteiger partial charge on any atom is -0.326 e. The third-order valence-electron chi connectivity index (χ3n) is 4.04. The number of nitrogens with one attached hydrogen (secondary N) is 1. The molecule has 0 bridgehead atoms. The van der Waals surface area contributed by atoms with Crippen LogP contribution in [0.1, 0.15) is 18.1 Å². The summed E-state index contributed by atoms with van der Waals surface area (Å²) in [6.07, 6.45) is 1.34. The van der Waals surface area contributed by atoms with Gasteiger partial charge in [-0.1, -0.05) is 73.7 Å². The Bertz CT molecular complexity index is 807. The first-order valence-corrected chi connectivity index (χ1v) is 8.28. The predicted molar refractivity (Wildman–Crippen MR) is 100 cm³/mol. The maximum absolute atomic E-state index is 12.2. The Labute approximate surface area is 143 Å². The zero-order chi connectivity index (χ0) is 16.8. The first-order chi connectivity index (χ1) is 11.7. The molecule has 0 fully saturated rings. The molecular weight excluding hydrogens is 294 g/mol. The van der Waals surface area contributed by atoms with Crippen molar-refractivity contribution in [1.29, 1.82) is 0 Å². The van der Waals surface area contributed by atoms with Crippen LogP contribution in [-0.2, 0) is 17.6 Å². The fourth-order valence-corrected chi connectivity index (χ4v) is 2.71. The summed E-state index contributed by atoms with van der Waals surface area (Å²) in [5.41, 5.74) is 5.44. The van der Waals surface area contributed by atoms with Crippen LogP contribution in [0.15, 0.2) is 78.9 Å². The second-order valence-electron chi connectivity index (χ2n) is 5.84. The van der Waals surface area contributed by atoms with Crippen molar-refractivity contribution < 1.29 is 4.79 Å². The molecule has 24 heavy (non-hydrogen) atoms. The highest BCUT2D eigenvalue weighted by molar-refractivity contribution is 5.92. The Hall–Kier alpha value is -2.87. The lowest BCUT2D eigenvalue weighted by Crippen LogP contribution is -2.14. The van der Waals surface area contributed by atoms with Crippen molar-refractivity contribution >= 4 is 11.6 Å². The van der Waals surface area contributed by atoms with Crippen molar-refractivity contribution in [3.63, 3.8) is 0 Å². The Kier molecular flexibility index (Phi) is 5.07. The van der Waals surface area contributed by atoms with E-state index in [1.807, 2.05) is 48.5 Å². The molecule has 0 aliphatic heterocycles. The van der Waals surface area contributed by atoms with Crippen molar-refractivity contribution in [2.75, 3.05) is 5.32 Å². The van der Waals surface area contributed by atoms with Gasteiger partial charge in [-0.25, -0.2) is 0 Å². The van der Waals surface area contributed by atoms with E-state index in [1.165, 1.54) is 11.1 Å². The van der Waals surface area contributed by atoms with Gasteiger partial charge >= 0.3 is 0 Å². The number of carbonyl (C=O) groups excluding carboxylic acids is 1. The van der Waals surface area contributed by atoms with Crippen molar-refractivity contribution in [3.8, 4) is 11.1 Å². The lowest BCUT2D eigenvalue weighted by molar-refractivity contribution is -0.115. The van der Waals surface area contributed by atoms with Crippen molar-refractivity contribution in [2.45, 2.75) is 19.8 Å². The van der Waals surface area contributed by atoms with Gasteiger partial charge in [-0.05, 0) is 40.8 Å². The molecule has 0 aliphatic carbocycles. The third-order valence-corrected chi connectivity index (χ3v) is 4.04. The van der Waals surface area contributed by atoms with Crippen LogP contribution in [0.4, 0.5) is 5.69 Å². The average Bonchev–Trinajstić information content (AvgIpc) is 2.63. The van der Waals surface area contributed by atoms with E-state index in [0.717, 1.165) is 23.2 Å². The molecule has 3 aromatic rings. The van der Waals surface area contributed by atoms with Crippen LogP contribution in [0, 0.1) is 0 Å². The molecule has 3 rings (SSSR count). The number of hydrogen-bond donors (Lipinski definition) is 1. The van der Waals surface area contributed by atoms with Gasteiger partial charge in [-0.3, -0.25) is 4.79 Å². The molecule has 0 spiro atoms. The van der Waals surface area contributed by atoms with Gasteiger partial charge in [0.1, 0.15) is 0 Å². The fourth-order valence-electron chi connectivity index (χ4n) is 2.71. The molecule has 0 atom stereocenters. The van der Waals surface area contributed by atoms with Crippen LogP contribution in [0.5, 0.6) is 0 Å². The molecule has 3 aromatic carbocycles. The summed E-state index contributed by atoms with van der Waals surface area (Å²) in [4.78, 5) is 12.2. The highest BCUT2D eigenvalue weighted by Gasteiger charge is 2.05. The molecule has 2 nitrogen and oxygen atoms in total. The monoisotopic (exact) mass is 315 g/mol. The van der Waals surface area contributed by atoms with E-state index in [1.54, 1.807) is 0 Å². The Morgan fingerprint density at radius 1 is 0.792 bits per heavy atom. The first-order valence-electron chi connectivity index (χ1n) is 8.28. The summed E-state index contributed by atoms with van der Waals surface area (Å²) in [5.74, 6) is 0.00992. The smallest absolute Gasteiger partial charge is 0.228 e. The van der Waals surface area contributed by atoms with Crippen LogP contribution < -0.4 is 5.32 Å². The average molecular weight is 315 g/mol. The van der Waals surface area contributed by atoms with E-state index in [-0.39, 0.29) is 5.91 Å². The number of hydrogen-bond acceptors (Lipinski definition) is 1. The van der Waals surface area contributed by atoms with Crippen LogP contribution >= 0.6 is 0 Å². The zero-order valence-corrected chi connectivity index (χ0v) is 13.8. The quantitative estimate of drug-likeness (QED) is 0.697. The lowest BCUT2D eigenvalue weighted by atomic mass is 10.0. The SMILES string of the molecule is CCc1cccc(NC(=O)Cc2ccc(-c3ccccc3)cc2)c1. The van der Waals surface area contributed by atoms with E-state index >= 15 is 0 Å². The summed E-state index contributed by atoms with van der Waals surface area (Å²) in [7, 11) is 0. The zero-order valence-electron chi connectivity index (χ0n) is 13.8. The van der Waals surface area contributed by atoms with Gasteiger partial charge in [0.05, 0.1) is 6.42 Å². The molecule has 0 saturated heterocycles. The lowest BCUT2D eigenvalue weighted by Gasteiger charge is -2.08. The van der Waals surface area contributed by atoms with E-state index < -0.39 is 0 Å². The molecule has 2 heteroatoms. The van der Waals surface area contributed by atoms with Crippen LogP contribution in [0.25, 0.3) is 11.1 Å². The van der Waals surface area contributed by atoms with Gasteiger partial charge in [0, 0.05) is 5.69 Å². The maximum Gasteiger partial charge on any atom is 0.228 e. The van der Waals surface area contributed by atoms with Crippen molar-refractivity contribution in [1.82, 2.24) is 0 Å². The molecule has 1 amide bonds. The number of amides is 1. The number of rotatable bonds is 5. The highest BCUT2D eigenvalue weighted by atomic mass is 16.1. The molecule has 0 unspecified atom stereocenters. The van der Waals surface area contributed by atoms with Gasteiger partial charge in [0.25, 0.3) is 0 Å². The third kappa shape index (κ3) is 4.11.